The first kappa shape index (κ1) is 20.0. The fourth-order valence-corrected chi connectivity index (χ4v) is 4.89. The highest BCUT2D eigenvalue weighted by Crippen LogP contribution is 2.33. The topological polar surface area (TPSA) is 65.5 Å². The molecule has 5 rings (SSSR count). The number of amides is 1. The van der Waals surface area contributed by atoms with Crippen LogP contribution in [0.2, 0.25) is 0 Å². The summed E-state index contributed by atoms with van der Waals surface area (Å²) in [5, 5.41) is 0. The van der Waals surface area contributed by atoms with Crippen molar-refractivity contribution in [2.24, 2.45) is 0 Å². The fourth-order valence-electron chi connectivity index (χ4n) is 4.89. The van der Waals surface area contributed by atoms with Crippen LogP contribution in [0.5, 0.6) is 0 Å². The Bertz CT molecular complexity index is 1010. The van der Waals surface area contributed by atoms with Crippen molar-refractivity contribution in [2.75, 3.05) is 43.5 Å². The van der Waals surface area contributed by atoms with Crippen molar-refractivity contribution in [1.29, 1.82) is 0 Å². The summed E-state index contributed by atoms with van der Waals surface area (Å²) < 4.78 is 0. The van der Waals surface area contributed by atoms with Gasteiger partial charge in [0.15, 0.2) is 5.82 Å². The van der Waals surface area contributed by atoms with Crippen molar-refractivity contribution in [2.45, 2.75) is 44.6 Å². The second-order valence-corrected chi connectivity index (χ2v) is 8.88. The van der Waals surface area contributed by atoms with E-state index in [2.05, 4.69) is 40.2 Å². The maximum Gasteiger partial charge on any atom is 0.244 e. The number of carbonyl (C=O) groups is 1. The third-order valence-corrected chi connectivity index (χ3v) is 6.55. The highest BCUT2D eigenvalue weighted by molar-refractivity contribution is 5.85. The Kier molecular flexibility index (Phi) is 5.34. The fraction of sp³-hybridized carbons (Fsp3) is 0.500. The van der Waals surface area contributed by atoms with E-state index in [4.69, 9.17) is 15.0 Å². The Hall–Kier alpha value is -2.96. The Balaban J connectivity index is 1.60. The molecule has 1 aromatic carbocycles. The minimum absolute atomic E-state index is 0.113. The Morgan fingerprint density at radius 2 is 1.81 bits per heavy atom. The molecule has 1 aromatic heterocycles. The summed E-state index contributed by atoms with van der Waals surface area (Å²) in [6.07, 6.45) is 10.7. The van der Waals surface area contributed by atoms with Crippen molar-refractivity contribution >= 4 is 23.9 Å². The van der Waals surface area contributed by atoms with Crippen LogP contribution in [-0.2, 0) is 11.2 Å². The molecule has 2 saturated heterocycles. The first-order valence-corrected chi connectivity index (χ1v) is 11.4. The van der Waals surface area contributed by atoms with E-state index in [1.807, 2.05) is 14.1 Å². The highest BCUT2D eigenvalue weighted by atomic mass is 16.2. The quantitative estimate of drug-likeness (QED) is 0.760. The first-order valence-electron chi connectivity index (χ1n) is 11.4. The molecule has 1 unspecified atom stereocenters. The lowest BCUT2D eigenvalue weighted by Gasteiger charge is -2.30. The van der Waals surface area contributed by atoms with Gasteiger partial charge in [0, 0.05) is 39.3 Å². The molecule has 2 aromatic rings. The van der Waals surface area contributed by atoms with Crippen LogP contribution in [0.3, 0.4) is 0 Å². The molecular weight excluding hydrogens is 388 g/mol. The number of aromatic nitrogens is 3. The molecule has 7 heteroatoms. The molecule has 0 spiro atoms. The lowest BCUT2D eigenvalue weighted by atomic mass is 10.0. The molecular formula is C24H30N6O. The van der Waals surface area contributed by atoms with Gasteiger partial charge in [0.05, 0.1) is 0 Å². The largest absolute Gasteiger partial charge is 0.347 e. The number of rotatable bonds is 4. The molecule has 0 bridgehead atoms. The van der Waals surface area contributed by atoms with E-state index >= 15 is 0 Å². The van der Waals surface area contributed by atoms with Gasteiger partial charge >= 0.3 is 0 Å². The summed E-state index contributed by atoms with van der Waals surface area (Å²) in [6.45, 7) is 2.73. The van der Waals surface area contributed by atoms with Gasteiger partial charge in [-0.1, -0.05) is 30.4 Å². The predicted molar refractivity (Wildman–Crippen MR) is 123 cm³/mol. The van der Waals surface area contributed by atoms with Crippen LogP contribution in [0, 0.1) is 0 Å². The molecule has 162 valence electrons. The molecule has 0 radical (unpaired) electrons. The number of benzene rings is 1. The second-order valence-electron chi connectivity index (χ2n) is 8.88. The number of carbonyl (C=O) groups excluding carboxylic acids is 1. The molecule has 0 saturated carbocycles. The summed E-state index contributed by atoms with van der Waals surface area (Å²) >= 11 is 0. The normalized spacial score (nSPS) is 20.3. The van der Waals surface area contributed by atoms with E-state index < -0.39 is 0 Å². The second kappa shape index (κ2) is 8.29. The van der Waals surface area contributed by atoms with E-state index in [1.54, 1.807) is 4.90 Å². The number of fused-ring (bicyclic) bond motifs is 1. The van der Waals surface area contributed by atoms with Gasteiger partial charge in [0.2, 0.25) is 17.8 Å². The van der Waals surface area contributed by atoms with Crippen molar-refractivity contribution in [3.05, 3.63) is 35.4 Å². The average molecular weight is 419 g/mol. The zero-order valence-corrected chi connectivity index (χ0v) is 18.4. The highest BCUT2D eigenvalue weighted by Gasteiger charge is 2.34. The van der Waals surface area contributed by atoms with Gasteiger partial charge in [-0.2, -0.15) is 15.0 Å². The molecule has 1 aliphatic carbocycles. The number of nitrogens with zero attached hydrogens (tertiary/aromatic N) is 6. The van der Waals surface area contributed by atoms with Gasteiger partial charge in [-0.05, 0) is 49.7 Å². The molecule has 2 aliphatic heterocycles. The Morgan fingerprint density at radius 3 is 2.61 bits per heavy atom. The van der Waals surface area contributed by atoms with E-state index in [1.165, 1.54) is 17.5 Å². The maximum atomic E-state index is 12.8. The van der Waals surface area contributed by atoms with E-state index in [0.29, 0.717) is 11.8 Å². The molecule has 3 aliphatic rings. The molecule has 31 heavy (non-hydrogen) atoms. The maximum absolute atomic E-state index is 12.8. The smallest absolute Gasteiger partial charge is 0.244 e. The summed E-state index contributed by atoms with van der Waals surface area (Å²) in [5.74, 6) is 2.18. The van der Waals surface area contributed by atoms with Crippen LogP contribution in [0.1, 0.15) is 43.2 Å². The van der Waals surface area contributed by atoms with Crippen molar-refractivity contribution in [1.82, 2.24) is 19.9 Å². The van der Waals surface area contributed by atoms with Crippen molar-refractivity contribution in [3.63, 3.8) is 0 Å². The van der Waals surface area contributed by atoms with Crippen LogP contribution in [-0.4, -0.2) is 65.5 Å². The number of hydrogen-bond donors (Lipinski definition) is 0. The zero-order valence-electron chi connectivity index (χ0n) is 18.4. The molecule has 2 fully saturated rings. The van der Waals surface area contributed by atoms with Gasteiger partial charge in [0.1, 0.15) is 6.04 Å². The molecule has 1 amide bonds. The average Bonchev–Trinajstić information content (AvgIpc) is 3.48. The summed E-state index contributed by atoms with van der Waals surface area (Å²) in [5.41, 5.74) is 3.55. The summed E-state index contributed by atoms with van der Waals surface area (Å²) in [7, 11) is 3.63. The third-order valence-electron chi connectivity index (χ3n) is 6.55. The molecule has 7 nitrogen and oxygen atoms in total. The standard InChI is InChI=1S/C24H30N6O/c1-28(2)22(31)20-13-8-16-30(20)24-26-21(19-12-7-10-17-9-6-11-18(17)19)25-23(27-24)29-14-4-3-5-15-29/h6-7,10-12,20H,3-5,8-9,13-16H2,1-2H3. The van der Waals surface area contributed by atoms with Gasteiger partial charge in [-0.3, -0.25) is 4.79 Å². The monoisotopic (exact) mass is 418 g/mol. The molecule has 1 atom stereocenters. The van der Waals surface area contributed by atoms with Gasteiger partial charge < -0.3 is 14.7 Å². The Morgan fingerprint density at radius 1 is 1.00 bits per heavy atom. The number of allylic oxidation sites excluding steroid dienone is 1. The summed E-state index contributed by atoms with van der Waals surface area (Å²) in [4.78, 5) is 33.6. The minimum atomic E-state index is -0.208. The van der Waals surface area contributed by atoms with Crippen LogP contribution in [0.15, 0.2) is 24.3 Å². The SMILES string of the molecule is CN(C)C(=O)C1CCCN1c1nc(-c2cccc3c2C=CC3)nc(N2CCCCC2)n1. The van der Waals surface area contributed by atoms with Crippen LogP contribution < -0.4 is 9.80 Å². The first-order chi connectivity index (χ1) is 15.1. The number of hydrogen-bond acceptors (Lipinski definition) is 6. The predicted octanol–water partition coefficient (Wildman–Crippen LogP) is 3.16. The molecule has 0 N–H and O–H groups in total. The number of likely N-dealkylation sites (N-methyl/N-ethyl adjacent to an activating group) is 1. The van der Waals surface area contributed by atoms with Crippen molar-refractivity contribution < 1.29 is 4.79 Å². The summed E-state index contributed by atoms with van der Waals surface area (Å²) in [6, 6.07) is 6.14. The molecule has 3 heterocycles. The van der Waals surface area contributed by atoms with Gasteiger partial charge in [0.25, 0.3) is 0 Å². The number of anilines is 2. The van der Waals surface area contributed by atoms with Crippen LogP contribution in [0.25, 0.3) is 17.5 Å². The zero-order chi connectivity index (χ0) is 21.4. The van der Waals surface area contributed by atoms with Crippen LogP contribution >= 0.6 is 0 Å². The third kappa shape index (κ3) is 3.77. The van der Waals surface area contributed by atoms with E-state index in [9.17, 15) is 4.79 Å². The number of piperidine rings is 1. The lowest BCUT2D eigenvalue weighted by molar-refractivity contribution is -0.129. The van der Waals surface area contributed by atoms with Crippen molar-refractivity contribution in [3.8, 4) is 11.4 Å². The Labute approximate surface area is 183 Å². The van der Waals surface area contributed by atoms with Gasteiger partial charge in [-0.15, -0.1) is 0 Å². The minimum Gasteiger partial charge on any atom is -0.347 e. The lowest BCUT2D eigenvalue weighted by Crippen LogP contribution is -2.43. The van der Waals surface area contributed by atoms with E-state index in [-0.39, 0.29) is 11.9 Å². The van der Waals surface area contributed by atoms with Crippen LogP contribution in [0.4, 0.5) is 11.9 Å². The van der Waals surface area contributed by atoms with E-state index in [0.717, 1.165) is 63.3 Å². The van der Waals surface area contributed by atoms with Gasteiger partial charge in [-0.25, -0.2) is 0 Å².